The lowest BCUT2D eigenvalue weighted by Gasteiger charge is -2.14. The van der Waals surface area contributed by atoms with Crippen LogP contribution in [0.4, 0.5) is 4.39 Å². The van der Waals surface area contributed by atoms with E-state index >= 15 is 0 Å². The number of benzene rings is 1. The highest BCUT2D eigenvalue weighted by Crippen LogP contribution is 2.16. The van der Waals surface area contributed by atoms with Gasteiger partial charge in [0.2, 0.25) is 0 Å². The van der Waals surface area contributed by atoms with Gasteiger partial charge < -0.3 is 10.1 Å². The summed E-state index contributed by atoms with van der Waals surface area (Å²) in [7, 11) is 3.57. The molecule has 1 unspecified atom stereocenters. The van der Waals surface area contributed by atoms with Gasteiger partial charge in [-0.3, -0.25) is 0 Å². The quantitative estimate of drug-likeness (QED) is 0.832. The molecule has 0 aliphatic rings. The molecule has 1 aromatic rings. The number of methoxy groups -OCH3 is 1. The van der Waals surface area contributed by atoms with Gasteiger partial charge in [-0.05, 0) is 37.6 Å². The number of hydrogen-bond acceptors (Lipinski definition) is 2. The Morgan fingerprint density at radius 2 is 2.25 bits per heavy atom. The highest BCUT2D eigenvalue weighted by atomic mass is 35.5. The van der Waals surface area contributed by atoms with Gasteiger partial charge in [-0.1, -0.05) is 17.7 Å². The lowest BCUT2D eigenvalue weighted by atomic mass is 10.1. The van der Waals surface area contributed by atoms with E-state index in [1.807, 2.05) is 13.1 Å². The van der Waals surface area contributed by atoms with Crippen molar-refractivity contribution in [1.82, 2.24) is 5.32 Å². The number of nitrogens with one attached hydrogen (secondary N) is 1. The average molecular weight is 246 g/mol. The van der Waals surface area contributed by atoms with Crippen molar-refractivity contribution in [3.8, 4) is 0 Å². The summed E-state index contributed by atoms with van der Waals surface area (Å²) in [5.41, 5.74) is 0.957. The Bertz CT molecular complexity index is 333. The minimum absolute atomic E-state index is 0.172. The van der Waals surface area contributed by atoms with E-state index < -0.39 is 0 Å². The summed E-state index contributed by atoms with van der Waals surface area (Å²) in [6.45, 7) is 0.659. The Balaban J connectivity index is 2.50. The third kappa shape index (κ3) is 4.08. The van der Waals surface area contributed by atoms with Gasteiger partial charge in [0.05, 0.1) is 11.6 Å². The van der Waals surface area contributed by atoms with E-state index in [1.165, 1.54) is 6.07 Å². The Labute approximate surface area is 101 Å². The Hall–Kier alpha value is -0.640. The molecule has 2 nitrogen and oxygen atoms in total. The van der Waals surface area contributed by atoms with Gasteiger partial charge in [-0.15, -0.1) is 0 Å². The summed E-state index contributed by atoms with van der Waals surface area (Å²) >= 11 is 5.61. The van der Waals surface area contributed by atoms with Crippen molar-refractivity contribution in [1.29, 1.82) is 0 Å². The smallest absolute Gasteiger partial charge is 0.142 e. The normalized spacial score (nSPS) is 12.8. The largest absolute Gasteiger partial charge is 0.383 e. The molecule has 0 saturated carbocycles. The first kappa shape index (κ1) is 13.4. The second kappa shape index (κ2) is 6.84. The standard InChI is InChI=1S/C12H17ClFNO/c1-15-10(8-16-2)5-3-9-4-6-11(13)12(14)7-9/h4,6-7,10,15H,3,5,8H2,1-2H3. The number of ether oxygens (including phenoxy) is 1. The van der Waals surface area contributed by atoms with Crippen LogP contribution in [0.5, 0.6) is 0 Å². The van der Waals surface area contributed by atoms with Crippen molar-refractivity contribution in [2.75, 3.05) is 20.8 Å². The fourth-order valence-corrected chi connectivity index (χ4v) is 1.67. The molecule has 0 aliphatic carbocycles. The van der Waals surface area contributed by atoms with Gasteiger partial charge in [0.25, 0.3) is 0 Å². The van der Waals surface area contributed by atoms with Gasteiger partial charge in [0.1, 0.15) is 5.82 Å². The second-order valence-corrected chi connectivity index (χ2v) is 4.14. The van der Waals surface area contributed by atoms with Crippen LogP contribution < -0.4 is 5.32 Å². The van der Waals surface area contributed by atoms with Gasteiger partial charge in [-0.2, -0.15) is 0 Å². The molecular formula is C12H17ClFNO. The highest BCUT2D eigenvalue weighted by Gasteiger charge is 2.07. The van der Waals surface area contributed by atoms with E-state index in [0.29, 0.717) is 12.6 Å². The summed E-state index contributed by atoms with van der Waals surface area (Å²) in [5.74, 6) is -0.355. The van der Waals surface area contributed by atoms with E-state index in [2.05, 4.69) is 5.32 Å². The lowest BCUT2D eigenvalue weighted by Crippen LogP contribution is -2.30. The maximum atomic E-state index is 13.2. The van der Waals surface area contributed by atoms with Gasteiger partial charge >= 0.3 is 0 Å². The zero-order valence-corrected chi connectivity index (χ0v) is 10.4. The van der Waals surface area contributed by atoms with Crippen molar-refractivity contribution in [2.45, 2.75) is 18.9 Å². The summed E-state index contributed by atoms with van der Waals surface area (Å²) in [4.78, 5) is 0. The molecular weight excluding hydrogens is 229 g/mol. The molecule has 0 radical (unpaired) electrons. The summed E-state index contributed by atoms with van der Waals surface area (Å²) in [6, 6.07) is 5.23. The molecule has 1 aromatic carbocycles. The van der Waals surface area contributed by atoms with E-state index in [9.17, 15) is 4.39 Å². The van der Waals surface area contributed by atoms with Crippen molar-refractivity contribution < 1.29 is 9.13 Å². The first-order valence-electron chi connectivity index (χ1n) is 5.27. The fourth-order valence-electron chi connectivity index (χ4n) is 1.55. The molecule has 1 atom stereocenters. The monoisotopic (exact) mass is 245 g/mol. The predicted octanol–water partition coefficient (Wildman–Crippen LogP) is 2.65. The Kier molecular flexibility index (Phi) is 5.74. The molecule has 0 bridgehead atoms. The molecule has 0 fully saturated rings. The Morgan fingerprint density at radius 1 is 1.50 bits per heavy atom. The molecule has 4 heteroatoms. The first-order valence-corrected chi connectivity index (χ1v) is 5.65. The fraction of sp³-hybridized carbons (Fsp3) is 0.500. The Morgan fingerprint density at radius 3 is 2.81 bits per heavy atom. The van der Waals surface area contributed by atoms with Gasteiger partial charge in [-0.25, -0.2) is 4.39 Å². The SMILES string of the molecule is CNC(CCc1ccc(Cl)c(F)c1)COC. The van der Waals surface area contributed by atoms with Crippen molar-refractivity contribution in [3.05, 3.63) is 34.6 Å². The van der Waals surface area contributed by atoms with Crippen LogP contribution in [0.3, 0.4) is 0 Å². The first-order chi connectivity index (χ1) is 7.67. The van der Waals surface area contributed by atoms with Crippen molar-refractivity contribution >= 4 is 11.6 Å². The van der Waals surface area contributed by atoms with Gasteiger partial charge in [0.15, 0.2) is 0 Å². The third-order valence-corrected chi connectivity index (χ3v) is 2.85. The zero-order valence-electron chi connectivity index (χ0n) is 9.59. The van der Waals surface area contributed by atoms with Crippen LogP contribution in [-0.4, -0.2) is 26.8 Å². The topological polar surface area (TPSA) is 21.3 Å². The average Bonchev–Trinajstić information content (AvgIpc) is 2.28. The molecule has 90 valence electrons. The number of aryl methyl sites for hydroxylation is 1. The van der Waals surface area contributed by atoms with E-state index in [1.54, 1.807) is 13.2 Å². The van der Waals surface area contributed by atoms with Crippen LogP contribution in [0.2, 0.25) is 5.02 Å². The van der Waals surface area contributed by atoms with Crippen molar-refractivity contribution in [3.63, 3.8) is 0 Å². The molecule has 1 rings (SSSR count). The van der Waals surface area contributed by atoms with Crippen molar-refractivity contribution in [2.24, 2.45) is 0 Å². The molecule has 0 spiro atoms. The molecule has 16 heavy (non-hydrogen) atoms. The third-order valence-electron chi connectivity index (χ3n) is 2.54. The van der Waals surface area contributed by atoms with Crippen LogP contribution in [0, 0.1) is 5.82 Å². The lowest BCUT2D eigenvalue weighted by molar-refractivity contribution is 0.166. The van der Waals surface area contributed by atoms with Crippen LogP contribution in [0.25, 0.3) is 0 Å². The second-order valence-electron chi connectivity index (χ2n) is 3.73. The number of likely N-dealkylation sites (N-methyl/N-ethyl adjacent to an activating group) is 1. The number of rotatable bonds is 6. The van der Waals surface area contributed by atoms with E-state index in [-0.39, 0.29) is 10.8 Å². The predicted molar refractivity (Wildman–Crippen MR) is 64.5 cm³/mol. The maximum Gasteiger partial charge on any atom is 0.142 e. The minimum atomic E-state index is -0.355. The molecule has 0 amide bonds. The van der Waals surface area contributed by atoms with E-state index in [0.717, 1.165) is 18.4 Å². The number of halogens is 2. The maximum absolute atomic E-state index is 13.2. The van der Waals surface area contributed by atoms with Gasteiger partial charge in [0, 0.05) is 13.2 Å². The summed E-state index contributed by atoms with van der Waals surface area (Å²) < 4.78 is 18.2. The minimum Gasteiger partial charge on any atom is -0.383 e. The van der Waals surface area contributed by atoms with Crippen LogP contribution >= 0.6 is 11.6 Å². The highest BCUT2D eigenvalue weighted by molar-refractivity contribution is 6.30. The van der Waals surface area contributed by atoms with E-state index in [4.69, 9.17) is 16.3 Å². The van der Waals surface area contributed by atoms with Crippen LogP contribution in [0.1, 0.15) is 12.0 Å². The summed E-state index contributed by atoms with van der Waals surface area (Å²) in [6.07, 6.45) is 1.72. The molecule has 0 saturated heterocycles. The zero-order chi connectivity index (χ0) is 12.0. The molecule has 1 N–H and O–H groups in total. The molecule has 0 heterocycles. The number of hydrogen-bond donors (Lipinski definition) is 1. The van der Waals surface area contributed by atoms with Crippen LogP contribution in [0.15, 0.2) is 18.2 Å². The molecule has 0 aliphatic heterocycles. The summed E-state index contributed by atoms with van der Waals surface area (Å²) in [5, 5.41) is 3.33. The molecule has 0 aromatic heterocycles. The van der Waals surface area contributed by atoms with Crippen LogP contribution in [-0.2, 0) is 11.2 Å².